The third-order valence-electron chi connectivity index (χ3n) is 2.41. The molecule has 0 aliphatic heterocycles. The maximum absolute atomic E-state index is 13.7. The summed E-state index contributed by atoms with van der Waals surface area (Å²) < 4.78 is 24.1. The van der Waals surface area contributed by atoms with Gasteiger partial charge in [0.1, 0.15) is 22.9 Å². The molecule has 0 aliphatic rings. The Morgan fingerprint density at radius 1 is 0.955 bits per heavy atom. The number of nitrogens with one attached hydrogen (secondary N) is 1. The summed E-state index contributed by atoms with van der Waals surface area (Å²) in [6.07, 6.45) is -0.468. The van der Waals surface area contributed by atoms with Crippen molar-refractivity contribution in [3.8, 4) is 0 Å². The number of alkyl halides is 1. The molecule has 0 heterocycles. The third kappa shape index (κ3) is 11.3. The highest BCUT2D eigenvalue weighted by atomic mass is 19.1. The first kappa shape index (κ1) is 20.7. The summed E-state index contributed by atoms with van der Waals surface area (Å²) in [5, 5.41) is 2.47. The lowest BCUT2D eigenvalue weighted by Crippen LogP contribution is -2.46. The van der Waals surface area contributed by atoms with Crippen LogP contribution in [-0.2, 0) is 14.3 Å². The highest BCUT2D eigenvalue weighted by Gasteiger charge is 2.30. The molecule has 1 N–H and O–H groups in total. The maximum atomic E-state index is 13.7. The fourth-order valence-corrected chi connectivity index (χ4v) is 1.56. The molecule has 0 spiro atoms. The first-order valence-electron chi connectivity index (χ1n) is 7.50. The second kappa shape index (κ2) is 7.29. The standard InChI is InChI=1S/C16H30FNO4/c1-14(2,3)21-12(19)11(9-10-16(7,8)17)18-13(20)22-15(4,5)6/h11H,9-10H2,1-8H3,(H,18,20)/t11-/m0/s1. The van der Waals surface area contributed by atoms with Crippen molar-refractivity contribution >= 4 is 12.1 Å². The van der Waals surface area contributed by atoms with E-state index < -0.39 is 35.0 Å². The minimum absolute atomic E-state index is 0.118. The number of ether oxygens (including phenoxy) is 2. The molecule has 1 atom stereocenters. The Bertz CT molecular complexity index is 388. The van der Waals surface area contributed by atoms with E-state index in [4.69, 9.17) is 9.47 Å². The van der Waals surface area contributed by atoms with E-state index in [0.29, 0.717) is 0 Å². The summed E-state index contributed by atoms with van der Waals surface area (Å²) in [7, 11) is 0. The van der Waals surface area contributed by atoms with Crippen molar-refractivity contribution < 1.29 is 23.5 Å². The average Bonchev–Trinajstić information content (AvgIpc) is 2.17. The summed E-state index contributed by atoms with van der Waals surface area (Å²) in [6.45, 7) is 13.2. The number of amides is 1. The predicted molar refractivity (Wildman–Crippen MR) is 83.4 cm³/mol. The van der Waals surface area contributed by atoms with Gasteiger partial charge in [0.2, 0.25) is 0 Å². The van der Waals surface area contributed by atoms with E-state index in [0.717, 1.165) is 0 Å². The van der Waals surface area contributed by atoms with Crippen LogP contribution in [-0.4, -0.2) is 35.0 Å². The molecule has 22 heavy (non-hydrogen) atoms. The van der Waals surface area contributed by atoms with Crippen LogP contribution in [0, 0.1) is 0 Å². The number of carbonyl (C=O) groups excluding carboxylic acids is 2. The molecule has 0 aromatic carbocycles. The molecule has 0 fully saturated rings. The van der Waals surface area contributed by atoms with Crippen molar-refractivity contribution in [2.45, 2.75) is 91.1 Å². The van der Waals surface area contributed by atoms with Crippen LogP contribution in [0.5, 0.6) is 0 Å². The van der Waals surface area contributed by atoms with Crippen molar-refractivity contribution in [2.75, 3.05) is 0 Å². The van der Waals surface area contributed by atoms with Gasteiger partial charge >= 0.3 is 12.1 Å². The SMILES string of the molecule is CC(C)(F)CC[C@H](NC(=O)OC(C)(C)C)C(=O)OC(C)(C)C. The van der Waals surface area contributed by atoms with Gasteiger partial charge in [-0.25, -0.2) is 14.0 Å². The van der Waals surface area contributed by atoms with Gasteiger partial charge in [0.05, 0.1) is 0 Å². The molecule has 0 aromatic rings. The van der Waals surface area contributed by atoms with Gasteiger partial charge in [0, 0.05) is 0 Å². The van der Waals surface area contributed by atoms with Crippen LogP contribution >= 0.6 is 0 Å². The number of rotatable bonds is 5. The Morgan fingerprint density at radius 3 is 1.77 bits per heavy atom. The lowest BCUT2D eigenvalue weighted by molar-refractivity contribution is -0.157. The van der Waals surface area contributed by atoms with Crippen molar-refractivity contribution in [1.29, 1.82) is 0 Å². The van der Waals surface area contributed by atoms with Gasteiger partial charge in [-0.15, -0.1) is 0 Å². The Hall–Kier alpha value is -1.33. The summed E-state index contributed by atoms with van der Waals surface area (Å²) in [5.74, 6) is -0.595. The van der Waals surface area contributed by atoms with Crippen LogP contribution in [0.3, 0.4) is 0 Å². The predicted octanol–water partition coefficient (Wildman–Crippen LogP) is 3.75. The Morgan fingerprint density at radius 2 is 1.41 bits per heavy atom. The molecule has 0 saturated carbocycles. The van der Waals surface area contributed by atoms with Gasteiger partial charge in [0.25, 0.3) is 0 Å². The van der Waals surface area contributed by atoms with Gasteiger partial charge in [-0.3, -0.25) is 0 Å². The molecular weight excluding hydrogens is 289 g/mol. The Kier molecular flexibility index (Phi) is 6.85. The lowest BCUT2D eigenvalue weighted by Gasteiger charge is -2.27. The second-order valence-corrected chi connectivity index (χ2v) is 7.99. The molecule has 6 heteroatoms. The van der Waals surface area contributed by atoms with E-state index in [-0.39, 0.29) is 12.8 Å². The number of hydrogen-bond donors (Lipinski definition) is 1. The largest absolute Gasteiger partial charge is 0.458 e. The van der Waals surface area contributed by atoms with Crippen LogP contribution in [0.1, 0.15) is 68.2 Å². The molecule has 0 saturated heterocycles. The molecule has 0 aliphatic carbocycles. The summed E-state index contributed by atoms with van der Waals surface area (Å²) in [5.41, 5.74) is -2.80. The average molecular weight is 319 g/mol. The molecule has 0 aromatic heterocycles. The topological polar surface area (TPSA) is 64.6 Å². The fraction of sp³-hybridized carbons (Fsp3) is 0.875. The van der Waals surface area contributed by atoms with Gasteiger partial charge < -0.3 is 14.8 Å². The van der Waals surface area contributed by atoms with Crippen molar-refractivity contribution in [1.82, 2.24) is 5.32 Å². The smallest absolute Gasteiger partial charge is 0.408 e. The van der Waals surface area contributed by atoms with Gasteiger partial charge in [-0.1, -0.05) is 0 Å². The second-order valence-electron chi connectivity index (χ2n) is 7.99. The zero-order valence-corrected chi connectivity index (χ0v) is 15.0. The van der Waals surface area contributed by atoms with E-state index in [1.807, 2.05) is 0 Å². The number of alkyl carbamates (subject to hydrolysis) is 1. The number of esters is 1. The van der Waals surface area contributed by atoms with Crippen molar-refractivity contribution in [2.24, 2.45) is 0 Å². The molecular formula is C16H30FNO4. The van der Waals surface area contributed by atoms with E-state index in [1.165, 1.54) is 13.8 Å². The Labute approximate surface area is 132 Å². The molecule has 0 bridgehead atoms. The highest BCUT2D eigenvalue weighted by Crippen LogP contribution is 2.19. The Balaban J connectivity index is 4.86. The van der Waals surface area contributed by atoms with Gasteiger partial charge in [0.15, 0.2) is 0 Å². The van der Waals surface area contributed by atoms with E-state index >= 15 is 0 Å². The number of halogens is 1. The van der Waals surface area contributed by atoms with Crippen molar-refractivity contribution in [3.05, 3.63) is 0 Å². The summed E-state index contributed by atoms with van der Waals surface area (Å²) in [6, 6.07) is -0.941. The quantitative estimate of drug-likeness (QED) is 0.784. The van der Waals surface area contributed by atoms with Crippen LogP contribution in [0.15, 0.2) is 0 Å². The van der Waals surface area contributed by atoms with E-state index in [1.54, 1.807) is 41.5 Å². The summed E-state index contributed by atoms with van der Waals surface area (Å²) in [4.78, 5) is 24.0. The minimum Gasteiger partial charge on any atom is -0.458 e. The van der Waals surface area contributed by atoms with Crippen LogP contribution in [0.25, 0.3) is 0 Å². The molecule has 130 valence electrons. The molecule has 1 amide bonds. The van der Waals surface area contributed by atoms with Gasteiger partial charge in [-0.2, -0.15) is 0 Å². The lowest BCUT2D eigenvalue weighted by atomic mass is 10.0. The zero-order chi connectivity index (χ0) is 17.8. The van der Waals surface area contributed by atoms with Crippen molar-refractivity contribution in [3.63, 3.8) is 0 Å². The normalized spacial score (nSPS) is 14.2. The van der Waals surface area contributed by atoms with E-state index in [9.17, 15) is 14.0 Å². The molecule has 0 unspecified atom stereocenters. The third-order valence-corrected chi connectivity index (χ3v) is 2.41. The minimum atomic E-state index is -1.43. The first-order valence-corrected chi connectivity index (χ1v) is 7.50. The highest BCUT2D eigenvalue weighted by molar-refractivity contribution is 5.81. The molecule has 5 nitrogen and oxygen atoms in total. The van der Waals surface area contributed by atoms with Crippen LogP contribution < -0.4 is 5.32 Å². The number of hydrogen-bond acceptors (Lipinski definition) is 4. The monoisotopic (exact) mass is 319 g/mol. The van der Waals surface area contributed by atoms with Crippen LogP contribution in [0.4, 0.5) is 9.18 Å². The maximum Gasteiger partial charge on any atom is 0.408 e. The van der Waals surface area contributed by atoms with Crippen LogP contribution in [0.2, 0.25) is 0 Å². The van der Waals surface area contributed by atoms with Gasteiger partial charge in [-0.05, 0) is 68.2 Å². The summed E-state index contributed by atoms with van der Waals surface area (Å²) >= 11 is 0. The zero-order valence-electron chi connectivity index (χ0n) is 15.0. The number of carbonyl (C=O) groups is 2. The molecule has 0 radical (unpaired) electrons. The fourth-order valence-electron chi connectivity index (χ4n) is 1.56. The molecule has 0 rings (SSSR count). The van der Waals surface area contributed by atoms with E-state index in [2.05, 4.69) is 5.32 Å². The first-order chi connectivity index (χ1) is 9.59.